The van der Waals surface area contributed by atoms with Crippen molar-refractivity contribution in [1.29, 1.82) is 0 Å². The monoisotopic (exact) mass is 269 g/mol. The normalized spacial score (nSPS) is 20.2. The SMILES string of the molecule is NC1(c2noc(-c3ccc4c(c3)CCC4)n2)CCCC1. The molecular formula is C16H19N3O. The first-order valence-electron chi connectivity index (χ1n) is 7.50. The molecule has 0 aliphatic heterocycles. The predicted octanol–water partition coefficient (Wildman–Crippen LogP) is 2.95. The van der Waals surface area contributed by atoms with Crippen molar-refractivity contribution in [2.75, 3.05) is 0 Å². The quantitative estimate of drug-likeness (QED) is 0.910. The Morgan fingerprint density at radius 2 is 1.85 bits per heavy atom. The lowest BCUT2D eigenvalue weighted by Gasteiger charge is -2.17. The molecule has 0 bridgehead atoms. The van der Waals surface area contributed by atoms with Crippen molar-refractivity contribution in [3.05, 3.63) is 35.2 Å². The fourth-order valence-electron chi connectivity index (χ4n) is 3.48. The van der Waals surface area contributed by atoms with E-state index in [1.54, 1.807) is 0 Å². The third-order valence-corrected chi connectivity index (χ3v) is 4.71. The predicted molar refractivity (Wildman–Crippen MR) is 76.1 cm³/mol. The van der Waals surface area contributed by atoms with E-state index in [9.17, 15) is 0 Å². The van der Waals surface area contributed by atoms with Crippen LogP contribution in [0.1, 0.15) is 49.1 Å². The number of aromatic nitrogens is 2. The van der Waals surface area contributed by atoms with Crippen molar-refractivity contribution in [2.24, 2.45) is 5.73 Å². The molecule has 4 nitrogen and oxygen atoms in total. The zero-order valence-electron chi connectivity index (χ0n) is 11.6. The van der Waals surface area contributed by atoms with Crippen molar-refractivity contribution in [3.63, 3.8) is 0 Å². The number of aryl methyl sites for hydroxylation is 2. The average Bonchev–Trinajstić information content (AvgIpc) is 3.18. The summed E-state index contributed by atoms with van der Waals surface area (Å²) in [6, 6.07) is 6.46. The molecule has 0 radical (unpaired) electrons. The third kappa shape index (κ3) is 1.86. The Balaban J connectivity index is 1.68. The topological polar surface area (TPSA) is 64.9 Å². The summed E-state index contributed by atoms with van der Waals surface area (Å²) in [4.78, 5) is 4.56. The van der Waals surface area contributed by atoms with Crippen LogP contribution in [-0.2, 0) is 18.4 Å². The molecule has 2 aliphatic carbocycles. The van der Waals surface area contributed by atoms with Crippen LogP contribution in [0.25, 0.3) is 11.5 Å². The molecule has 0 amide bonds. The molecule has 4 heteroatoms. The van der Waals surface area contributed by atoms with Gasteiger partial charge in [-0.2, -0.15) is 4.98 Å². The van der Waals surface area contributed by atoms with Crippen LogP contribution in [0.2, 0.25) is 0 Å². The standard InChI is InChI=1S/C16H19N3O/c17-16(8-1-2-9-16)15-18-14(20-19-15)13-7-6-11-4-3-5-12(11)10-13/h6-7,10H,1-5,8-9,17H2. The van der Waals surface area contributed by atoms with Gasteiger partial charge in [-0.05, 0) is 55.4 Å². The van der Waals surface area contributed by atoms with E-state index in [0.29, 0.717) is 11.7 Å². The fourth-order valence-corrected chi connectivity index (χ4v) is 3.48. The minimum absolute atomic E-state index is 0.377. The molecule has 4 rings (SSSR count). The van der Waals surface area contributed by atoms with E-state index in [1.807, 2.05) is 0 Å². The second kappa shape index (κ2) is 4.42. The Morgan fingerprint density at radius 1 is 1.05 bits per heavy atom. The number of nitrogens with two attached hydrogens (primary N) is 1. The molecule has 1 aromatic heterocycles. The summed E-state index contributed by atoms with van der Waals surface area (Å²) < 4.78 is 5.45. The van der Waals surface area contributed by atoms with Crippen LogP contribution >= 0.6 is 0 Å². The van der Waals surface area contributed by atoms with Crippen molar-refractivity contribution >= 4 is 0 Å². The van der Waals surface area contributed by atoms with Gasteiger partial charge in [0.2, 0.25) is 0 Å². The number of nitrogens with zero attached hydrogens (tertiary/aromatic N) is 2. The maximum Gasteiger partial charge on any atom is 0.258 e. The first-order valence-corrected chi connectivity index (χ1v) is 7.50. The highest BCUT2D eigenvalue weighted by atomic mass is 16.5. The summed E-state index contributed by atoms with van der Waals surface area (Å²) in [6.07, 6.45) is 7.81. The second-order valence-electron chi connectivity index (χ2n) is 6.12. The Kier molecular flexibility index (Phi) is 2.67. The molecular weight excluding hydrogens is 250 g/mol. The highest BCUT2D eigenvalue weighted by molar-refractivity contribution is 5.56. The van der Waals surface area contributed by atoms with Gasteiger partial charge >= 0.3 is 0 Å². The van der Waals surface area contributed by atoms with Crippen molar-refractivity contribution in [1.82, 2.24) is 10.1 Å². The lowest BCUT2D eigenvalue weighted by Crippen LogP contribution is -2.34. The summed E-state index contributed by atoms with van der Waals surface area (Å²) in [6.45, 7) is 0. The van der Waals surface area contributed by atoms with E-state index >= 15 is 0 Å². The maximum atomic E-state index is 6.38. The van der Waals surface area contributed by atoms with E-state index < -0.39 is 0 Å². The Labute approximate surface area is 118 Å². The van der Waals surface area contributed by atoms with Crippen LogP contribution in [0.15, 0.2) is 22.7 Å². The molecule has 1 aromatic carbocycles. The van der Waals surface area contributed by atoms with Gasteiger partial charge in [-0.3, -0.25) is 0 Å². The summed E-state index contributed by atoms with van der Waals surface area (Å²) in [5, 5.41) is 4.13. The summed E-state index contributed by atoms with van der Waals surface area (Å²) in [7, 11) is 0. The largest absolute Gasteiger partial charge is 0.334 e. The van der Waals surface area contributed by atoms with Crippen LogP contribution < -0.4 is 5.73 Å². The zero-order chi connectivity index (χ0) is 13.6. The van der Waals surface area contributed by atoms with Gasteiger partial charge in [-0.25, -0.2) is 0 Å². The molecule has 104 valence electrons. The van der Waals surface area contributed by atoms with Gasteiger partial charge in [0.15, 0.2) is 5.82 Å². The van der Waals surface area contributed by atoms with E-state index in [0.717, 1.165) is 37.7 Å². The van der Waals surface area contributed by atoms with Gasteiger partial charge in [-0.15, -0.1) is 0 Å². The summed E-state index contributed by atoms with van der Waals surface area (Å²) in [5.74, 6) is 1.27. The van der Waals surface area contributed by atoms with Gasteiger partial charge in [-0.1, -0.05) is 24.1 Å². The van der Waals surface area contributed by atoms with Crippen molar-refractivity contribution < 1.29 is 4.52 Å². The lowest BCUT2D eigenvalue weighted by atomic mass is 9.98. The molecule has 0 saturated heterocycles. The lowest BCUT2D eigenvalue weighted by molar-refractivity contribution is 0.372. The number of hydrogen-bond acceptors (Lipinski definition) is 4. The molecule has 2 aromatic rings. The average molecular weight is 269 g/mol. The molecule has 2 aliphatic rings. The molecule has 0 unspecified atom stereocenters. The van der Waals surface area contributed by atoms with Gasteiger partial charge in [0.05, 0.1) is 5.54 Å². The number of rotatable bonds is 2. The van der Waals surface area contributed by atoms with Gasteiger partial charge in [0.25, 0.3) is 5.89 Å². The number of benzene rings is 1. The third-order valence-electron chi connectivity index (χ3n) is 4.71. The molecule has 2 N–H and O–H groups in total. The van der Waals surface area contributed by atoms with E-state index in [-0.39, 0.29) is 5.54 Å². The second-order valence-corrected chi connectivity index (χ2v) is 6.12. The number of hydrogen-bond donors (Lipinski definition) is 1. The highest BCUT2D eigenvalue weighted by Gasteiger charge is 2.36. The van der Waals surface area contributed by atoms with E-state index in [2.05, 4.69) is 28.3 Å². The first-order chi connectivity index (χ1) is 9.74. The summed E-state index contributed by atoms with van der Waals surface area (Å²) in [5.41, 5.74) is 9.90. The maximum absolute atomic E-state index is 6.38. The van der Waals surface area contributed by atoms with E-state index in [1.165, 1.54) is 24.0 Å². The Morgan fingerprint density at radius 3 is 2.70 bits per heavy atom. The highest BCUT2D eigenvalue weighted by Crippen LogP contribution is 2.35. The smallest absolute Gasteiger partial charge is 0.258 e. The molecule has 1 fully saturated rings. The van der Waals surface area contributed by atoms with Gasteiger partial charge in [0, 0.05) is 5.56 Å². The van der Waals surface area contributed by atoms with Gasteiger partial charge < -0.3 is 10.3 Å². The zero-order valence-corrected chi connectivity index (χ0v) is 11.6. The minimum atomic E-state index is -0.377. The molecule has 20 heavy (non-hydrogen) atoms. The Hall–Kier alpha value is -1.68. The van der Waals surface area contributed by atoms with Gasteiger partial charge in [0.1, 0.15) is 0 Å². The van der Waals surface area contributed by atoms with Crippen LogP contribution in [-0.4, -0.2) is 10.1 Å². The Bertz CT molecular complexity index is 641. The van der Waals surface area contributed by atoms with Crippen LogP contribution in [0.5, 0.6) is 0 Å². The van der Waals surface area contributed by atoms with Crippen LogP contribution in [0, 0.1) is 0 Å². The minimum Gasteiger partial charge on any atom is -0.334 e. The molecule has 1 saturated carbocycles. The molecule has 1 heterocycles. The van der Waals surface area contributed by atoms with Crippen LogP contribution in [0.3, 0.4) is 0 Å². The fraction of sp³-hybridized carbons (Fsp3) is 0.500. The van der Waals surface area contributed by atoms with Crippen LogP contribution in [0.4, 0.5) is 0 Å². The molecule has 0 spiro atoms. The first kappa shape index (κ1) is 12.1. The summed E-state index contributed by atoms with van der Waals surface area (Å²) >= 11 is 0. The molecule has 0 atom stereocenters. The van der Waals surface area contributed by atoms with Crippen molar-refractivity contribution in [3.8, 4) is 11.5 Å². The van der Waals surface area contributed by atoms with E-state index in [4.69, 9.17) is 10.3 Å². The number of fused-ring (bicyclic) bond motifs is 1. The van der Waals surface area contributed by atoms with Crippen molar-refractivity contribution in [2.45, 2.75) is 50.5 Å².